The van der Waals surface area contributed by atoms with Crippen molar-refractivity contribution in [2.45, 2.75) is 12.8 Å². The minimum Gasteiger partial charge on any atom is -0.384 e. The number of carbonyl (C=O) groups is 1. The summed E-state index contributed by atoms with van der Waals surface area (Å²) in [4.78, 5) is 12.2. The van der Waals surface area contributed by atoms with E-state index >= 15 is 0 Å². The number of methoxy groups -OCH3 is 1. The van der Waals surface area contributed by atoms with Gasteiger partial charge in [-0.1, -0.05) is 6.07 Å². The van der Waals surface area contributed by atoms with Crippen LogP contribution in [0.3, 0.4) is 0 Å². The van der Waals surface area contributed by atoms with Crippen molar-refractivity contribution in [3.05, 3.63) is 33.4 Å². The summed E-state index contributed by atoms with van der Waals surface area (Å²) >= 11 is 2.22. The second-order valence-corrected chi connectivity index (χ2v) is 6.62. The Kier molecular flexibility index (Phi) is 5.80. The molecule has 2 rings (SSSR count). The largest absolute Gasteiger partial charge is 0.384 e. The summed E-state index contributed by atoms with van der Waals surface area (Å²) in [5.74, 6) is -0.00229. The molecule has 0 unspecified atom stereocenters. The van der Waals surface area contributed by atoms with Gasteiger partial charge in [0.15, 0.2) is 0 Å². The molecule has 1 aliphatic heterocycles. The van der Waals surface area contributed by atoms with Crippen LogP contribution in [0.4, 0.5) is 0 Å². The van der Waals surface area contributed by atoms with E-state index in [2.05, 4.69) is 33.2 Å². The lowest BCUT2D eigenvalue weighted by molar-refractivity contribution is 0.0511. The van der Waals surface area contributed by atoms with Crippen molar-refractivity contribution in [3.63, 3.8) is 0 Å². The molecule has 20 heavy (non-hydrogen) atoms. The van der Waals surface area contributed by atoms with Crippen molar-refractivity contribution in [3.8, 4) is 0 Å². The molecule has 0 spiro atoms. The van der Waals surface area contributed by atoms with Crippen LogP contribution in [0.1, 0.15) is 23.2 Å². The molecule has 0 atom stereocenters. The molecule has 1 aliphatic rings. The third-order valence-electron chi connectivity index (χ3n) is 3.83. The van der Waals surface area contributed by atoms with Gasteiger partial charge < -0.3 is 15.4 Å². The van der Waals surface area contributed by atoms with Crippen LogP contribution in [0, 0.1) is 8.99 Å². The van der Waals surface area contributed by atoms with Gasteiger partial charge >= 0.3 is 0 Å². The van der Waals surface area contributed by atoms with Gasteiger partial charge in [0.05, 0.1) is 6.61 Å². The van der Waals surface area contributed by atoms with Gasteiger partial charge in [-0.15, -0.1) is 0 Å². The zero-order valence-electron chi connectivity index (χ0n) is 11.7. The second-order valence-electron chi connectivity index (χ2n) is 5.38. The minimum absolute atomic E-state index is 0.00229. The van der Waals surface area contributed by atoms with Crippen LogP contribution >= 0.6 is 22.6 Å². The Morgan fingerprint density at radius 3 is 2.85 bits per heavy atom. The Labute approximate surface area is 133 Å². The Balaban J connectivity index is 1.96. The molecule has 110 valence electrons. The lowest BCUT2D eigenvalue weighted by Crippen LogP contribution is -2.47. The second kappa shape index (κ2) is 7.38. The van der Waals surface area contributed by atoms with Crippen molar-refractivity contribution < 1.29 is 9.53 Å². The predicted molar refractivity (Wildman–Crippen MR) is 87.9 cm³/mol. The first-order chi connectivity index (χ1) is 9.65. The van der Waals surface area contributed by atoms with E-state index in [1.165, 1.54) is 0 Å². The van der Waals surface area contributed by atoms with E-state index in [9.17, 15) is 4.79 Å². The normalized spacial score (nSPS) is 17.7. The number of piperidine rings is 1. The maximum Gasteiger partial charge on any atom is 0.251 e. The molecule has 1 amide bonds. The van der Waals surface area contributed by atoms with Gasteiger partial charge in [-0.3, -0.25) is 4.79 Å². The number of rotatable bonds is 5. The van der Waals surface area contributed by atoms with E-state index < -0.39 is 0 Å². The molecule has 0 radical (unpaired) electrons. The van der Waals surface area contributed by atoms with Crippen LogP contribution in [-0.4, -0.2) is 39.3 Å². The highest BCUT2D eigenvalue weighted by atomic mass is 127. The summed E-state index contributed by atoms with van der Waals surface area (Å²) in [5.41, 5.74) is 0.788. The van der Waals surface area contributed by atoms with Crippen LogP contribution in [-0.2, 0) is 4.74 Å². The fourth-order valence-electron chi connectivity index (χ4n) is 2.63. The van der Waals surface area contributed by atoms with E-state index in [-0.39, 0.29) is 11.3 Å². The van der Waals surface area contributed by atoms with Crippen LogP contribution < -0.4 is 10.6 Å². The molecule has 0 aliphatic carbocycles. The summed E-state index contributed by atoms with van der Waals surface area (Å²) in [6.45, 7) is 3.35. The quantitative estimate of drug-likeness (QED) is 0.760. The Bertz CT molecular complexity index is 453. The Morgan fingerprint density at radius 1 is 1.45 bits per heavy atom. The van der Waals surface area contributed by atoms with Gasteiger partial charge in [0.25, 0.3) is 5.91 Å². The summed E-state index contributed by atoms with van der Waals surface area (Å²) in [5, 5.41) is 6.43. The summed E-state index contributed by atoms with van der Waals surface area (Å²) in [7, 11) is 1.73. The molecule has 0 saturated carbocycles. The average molecular weight is 388 g/mol. The molecular formula is C15H21IN2O2. The molecule has 4 nitrogen and oxygen atoms in total. The first-order valence-corrected chi connectivity index (χ1v) is 7.97. The van der Waals surface area contributed by atoms with E-state index in [0.29, 0.717) is 13.2 Å². The van der Waals surface area contributed by atoms with Gasteiger partial charge in [-0.25, -0.2) is 0 Å². The van der Waals surface area contributed by atoms with Crippen molar-refractivity contribution in [1.82, 2.24) is 10.6 Å². The number of hydrogen-bond donors (Lipinski definition) is 2. The standard InChI is InChI=1S/C15H21IN2O2/c1-20-11-15(5-7-17-8-6-15)10-18-14(19)12-3-2-4-13(16)9-12/h2-4,9,17H,5-8,10-11H2,1H3,(H,18,19). The van der Waals surface area contributed by atoms with Gasteiger partial charge in [-0.2, -0.15) is 0 Å². The first-order valence-electron chi connectivity index (χ1n) is 6.89. The first kappa shape index (κ1) is 15.7. The van der Waals surface area contributed by atoms with E-state index in [4.69, 9.17) is 4.74 Å². The molecule has 0 bridgehead atoms. The highest BCUT2D eigenvalue weighted by Crippen LogP contribution is 2.28. The third-order valence-corrected chi connectivity index (χ3v) is 4.50. The SMILES string of the molecule is COCC1(CNC(=O)c2cccc(I)c2)CCNCC1. The molecule has 1 aromatic carbocycles. The van der Waals surface area contributed by atoms with Crippen LogP contribution in [0.5, 0.6) is 0 Å². The zero-order valence-corrected chi connectivity index (χ0v) is 13.9. The molecule has 1 saturated heterocycles. The Hall–Kier alpha value is -0.660. The minimum atomic E-state index is -0.00229. The number of nitrogens with one attached hydrogen (secondary N) is 2. The number of hydrogen-bond acceptors (Lipinski definition) is 3. The van der Waals surface area contributed by atoms with Gasteiger partial charge in [-0.05, 0) is 66.7 Å². The highest BCUT2D eigenvalue weighted by molar-refractivity contribution is 14.1. The molecule has 1 aromatic rings. The molecule has 1 heterocycles. The summed E-state index contributed by atoms with van der Waals surface area (Å²) in [6, 6.07) is 7.65. The van der Waals surface area contributed by atoms with E-state index in [1.54, 1.807) is 7.11 Å². The number of ether oxygens (including phenoxy) is 1. The van der Waals surface area contributed by atoms with E-state index in [0.717, 1.165) is 35.1 Å². The molecule has 0 aromatic heterocycles. The van der Waals surface area contributed by atoms with Gasteiger partial charge in [0.1, 0.15) is 0 Å². The van der Waals surface area contributed by atoms with Crippen molar-refractivity contribution in [1.29, 1.82) is 0 Å². The molecule has 5 heteroatoms. The summed E-state index contributed by atoms with van der Waals surface area (Å²) in [6.07, 6.45) is 2.07. The smallest absolute Gasteiger partial charge is 0.251 e. The van der Waals surface area contributed by atoms with Crippen LogP contribution in [0.15, 0.2) is 24.3 Å². The predicted octanol–water partition coefficient (Wildman–Crippen LogP) is 2.04. The van der Waals surface area contributed by atoms with Crippen molar-refractivity contribution >= 4 is 28.5 Å². The number of benzene rings is 1. The van der Waals surface area contributed by atoms with Crippen LogP contribution in [0.25, 0.3) is 0 Å². The highest BCUT2D eigenvalue weighted by Gasteiger charge is 2.32. The van der Waals surface area contributed by atoms with Crippen molar-refractivity contribution in [2.24, 2.45) is 5.41 Å². The van der Waals surface area contributed by atoms with Crippen molar-refractivity contribution in [2.75, 3.05) is 33.4 Å². The maximum atomic E-state index is 12.2. The molecule has 1 fully saturated rings. The van der Waals surface area contributed by atoms with E-state index in [1.807, 2.05) is 24.3 Å². The average Bonchev–Trinajstić information content (AvgIpc) is 2.46. The number of amides is 1. The summed E-state index contributed by atoms with van der Waals surface area (Å²) < 4.78 is 6.43. The zero-order chi connectivity index (χ0) is 14.4. The molecule has 2 N–H and O–H groups in total. The monoisotopic (exact) mass is 388 g/mol. The lowest BCUT2D eigenvalue weighted by atomic mass is 9.79. The van der Waals surface area contributed by atoms with Gasteiger partial charge in [0.2, 0.25) is 0 Å². The fourth-order valence-corrected chi connectivity index (χ4v) is 3.18. The fraction of sp³-hybridized carbons (Fsp3) is 0.533. The number of carbonyl (C=O) groups excluding carboxylic acids is 1. The number of halogens is 1. The topological polar surface area (TPSA) is 50.4 Å². The third kappa shape index (κ3) is 4.17. The molecular weight excluding hydrogens is 367 g/mol. The van der Waals surface area contributed by atoms with Gasteiger partial charge in [0, 0.05) is 28.2 Å². The van der Waals surface area contributed by atoms with Crippen LogP contribution in [0.2, 0.25) is 0 Å². The Morgan fingerprint density at radius 2 is 2.20 bits per heavy atom. The lowest BCUT2D eigenvalue weighted by Gasteiger charge is -2.37. The maximum absolute atomic E-state index is 12.2.